The topological polar surface area (TPSA) is 18.5 Å². The molecule has 4 rings (SSSR count). The van der Waals surface area contributed by atoms with Crippen LogP contribution in [0, 0.1) is 0 Å². The highest BCUT2D eigenvalue weighted by Gasteiger charge is 2.36. The van der Waals surface area contributed by atoms with Crippen molar-refractivity contribution in [3.63, 3.8) is 0 Å². The molecule has 0 aliphatic carbocycles. The molecule has 0 amide bonds. The lowest BCUT2D eigenvalue weighted by atomic mass is 9.87. The monoisotopic (exact) mass is 748 g/mol. The number of ether oxygens (including phenoxy) is 2. The highest BCUT2D eigenvalue weighted by molar-refractivity contribution is 5.39. The van der Waals surface area contributed by atoms with Gasteiger partial charge in [-0.15, -0.1) is 0 Å². The van der Waals surface area contributed by atoms with Gasteiger partial charge in [0.1, 0.15) is 23.6 Å². The zero-order valence-electron chi connectivity index (χ0n) is 24.6. The second-order valence-electron chi connectivity index (χ2n) is 12.4. The Balaban J connectivity index is 0.00000253. The highest BCUT2D eigenvalue weighted by atomic mass is 127. The molecule has 0 N–H and O–H groups in total. The van der Waals surface area contributed by atoms with E-state index < -0.39 is 0 Å². The second-order valence-corrected chi connectivity index (χ2v) is 12.4. The van der Waals surface area contributed by atoms with Gasteiger partial charge < -0.3 is 66.4 Å². The Kier molecular flexibility index (Phi) is 13.2. The van der Waals surface area contributed by atoms with Crippen LogP contribution in [-0.2, 0) is 12.8 Å². The van der Waals surface area contributed by atoms with E-state index in [4.69, 9.17) is 9.47 Å². The summed E-state index contributed by atoms with van der Waals surface area (Å²) in [6.45, 7) is 2.44. The molecule has 0 aromatic heterocycles. The summed E-state index contributed by atoms with van der Waals surface area (Å²) in [6.07, 6.45) is 13.0. The maximum Gasteiger partial charge on any atom is 0.119 e. The summed E-state index contributed by atoms with van der Waals surface area (Å²) in [7, 11) is 13.2. The number of likely N-dealkylation sites (N-methyl/N-ethyl adjacent to an activating group) is 2. The first-order chi connectivity index (χ1) is 17.2. The van der Waals surface area contributed by atoms with Crippen LogP contribution in [0.2, 0.25) is 0 Å². The van der Waals surface area contributed by atoms with Crippen LogP contribution in [0.4, 0.5) is 0 Å². The van der Waals surface area contributed by atoms with E-state index in [1.54, 1.807) is 25.3 Å². The van der Waals surface area contributed by atoms with Crippen molar-refractivity contribution >= 4 is 0 Å². The molecule has 4 nitrogen and oxygen atoms in total. The van der Waals surface area contributed by atoms with E-state index in [0.717, 1.165) is 33.3 Å². The van der Waals surface area contributed by atoms with Crippen molar-refractivity contribution in [2.24, 2.45) is 0 Å². The number of fused-ring (bicyclic) bond motifs is 2. The van der Waals surface area contributed by atoms with Gasteiger partial charge in [-0.3, -0.25) is 0 Å². The van der Waals surface area contributed by atoms with Gasteiger partial charge >= 0.3 is 0 Å². The van der Waals surface area contributed by atoms with Gasteiger partial charge in [0.2, 0.25) is 0 Å². The minimum absolute atomic E-state index is 0. The lowest BCUT2D eigenvalue weighted by Crippen LogP contribution is -3.00. The van der Waals surface area contributed by atoms with E-state index in [0.29, 0.717) is 12.1 Å². The third-order valence-corrected chi connectivity index (χ3v) is 9.23. The molecule has 0 saturated carbocycles. The average Bonchev–Trinajstić information content (AvgIpc) is 2.86. The van der Waals surface area contributed by atoms with Gasteiger partial charge in [-0.05, 0) is 60.4 Å². The number of unbranched alkanes of at least 4 members (excludes halogenated alkanes) is 5. The maximum atomic E-state index is 5.48. The standard InChI is InChI=1S/C32H50N2O2.2HI/c1-33(2)21-19-25-23-27(35-5)15-17-29(25)31(33)13-11-9-7-8-10-12-14-32-30-18-16-28(36-6)24-26(30)20-22-34(32,3)4;;/h15-18,23-24,31-32H,7-14,19-22H2,1-6H3;2*1H/q+2;;/p-2. The summed E-state index contributed by atoms with van der Waals surface area (Å²) in [5.74, 6) is 2.00. The molecule has 2 aromatic rings. The van der Waals surface area contributed by atoms with Crippen LogP contribution in [0.15, 0.2) is 36.4 Å². The maximum absolute atomic E-state index is 5.48. The van der Waals surface area contributed by atoms with Crippen molar-refractivity contribution in [3.8, 4) is 11.5 Å². The molecular formula is C32H50I2N2O2. The molecule has 2 aliphatic rings. The molecule has 0 bridgehead atoms. The zero-order valence-corrected chi connectivity index (χ0v) is 28.9. The molecular weight excluding hydrogens is 698 g/mol. The summed E-state index contributed by atoms with van der Waals surface area (Å²) in [5, 5.41) is 0. The highest BCUT2D eigenvalue weighted by Crippen LogP contribution is 2.40. The Labute approximate surface area is 266 Å². The molecule has 38 heavy (non-hydrogen) atoms. The summed E-state index contributed by atoms with van der Waals surface area (Å²) >= 11 is 0. The molecule has 0 saturated heterocycles. The van der Waals surface area contributed by atoms with Crippen LogP contribution in [0.25, 0.3) is 0 Å². The Morgan fingerprint density at radius 1 is 0.605 bits per heavy atom. The Morgan fingerprint density at radius 3 is 1.34 bits per heavy atom. The van der Waals surface area contributed by atoms with E-state index in [1.807, 2.05) is 0 Å². The van der Waals surface area contributed by atoms with Crippen LogP contribution in [0.3, 0.4) is 0 Å². The van der Waals surface area contributed by atoms with E-state index in [9.17, 15) is 0 Å². The number of benzene rings is 2. The predicted octanol–water partition coefficient (Wildman–Crippen LogP) is 0.880. The number of nitrogens with zero attached hydrogens (tertiary/aromatic N) is 2. The van der Waals surface area contributed by atoms with Gasteiger partial charge in [-0.2, -0.15) is 0 Å². The smallest absolute Gasteiger partial charge is 0.119 e. The quantitative estimate of drug-likeness (QED) is 0.193. The third kappa shape index (κ3) is 8.00. The molecule has 2 aliphatic heterocycles. The fraction of sp³-hybridized carbons (Fsp3) is 0.625. The third-order valence-electron chi connectivity index (χ3n) is 9.23. The summed E-state index contributed by atoms with van der Waals surface area (Å²) in [5.41, 5.74) is 6.11. The molecule has 2 unspecified atom stereocenters. The first-order valence-corrected chi connectivity index (χ1v) is 14.2. The number of halogens is 2. The van der Waals surface area contributed by atoms with Crippen LogP contribution >= 0.6 is 0 Å². The number of rotatable bonds is 11. The molecule has 0 fully saturated rings. The van der Waals surface area contributed by atoms with Crippen LogP contribution in [0.5, 0.6) is 11.5 Å². The number of hydrogen-bond donors (Lipinski definition) is 0. The molecule has 214 valence electrons. The van der Waals surface area contributed by atoms with Gasteiger partial charge in [0.05, 0.1) is 55.5 Å². The fourth-order valence-corrected chi connectivity index (χ4v) is 6.78. The van der Waals surface area contributed by atoms with Crippen molar-refractivity contribution in [3.05, 3.63) is 58.7 Å². The van der Waals surface area contributed by atoms with E-state index in [-0.39, 0.29) is 48.0 Å². The minimum atomic E-state index is 0. The van der Waals surface area contributed by atoms with E-state index >= 15 is 0 Å². The van der Waals surface area contributed by atoms with Crippen molar-refractivity contribution < 1.29 is 66.4 Å². The number of methoxy groups -OCH3 is 2. The second kappa shape index (κ2) is 14.9. The fourth-order valence-electron chi connectivity index (χ4n) is 6.78. The van der Waals surface area contributed by atoms with Crippen molar-refractivity contribution in [2.45, 2.75) is 76.3 Å². The SMILES string of the molecule is COc1ccc2c(c1)CC[N+](C)(C)C2CCCCCCCCC1c2ccc(OC)cc2CC[N+]1(C)C.[I-].[I-]. The van der Waals surface area contributed by atoms with Gasteiger partial charge in [-0.25, -0.2) is 0 Å². The first kappa shape index (κ1) is 33.6. The Morgan fingerprint density at radius 2 is 0.974 bits per heavy atom. The number of hydrogen-bond acceptors (Lipinski definition) is 2. The first-order valence-electron chi connectivity index (χ1n) is 14.2. The number of quaternary nitrogens is 2. The van der Waals surface area contributed by atoms with Crippen molar-refractivity contribution in [1.29, 1.82) is 0 Å². The molecule has 0 spiro atoms. The predicted molar refractivity (Wildman–Crippen MR) is 150 cm³/mol. The van der Waals surface area contributed by atoms with Crippen LogP contribution in [0.1, 0.15) is 85.7 Å². The summed E-state index contributed by atoms with van der Waals surface area (Å²) < 4.78 is 13.2. The zero-order chi connectivity index (χ0) is 25.8. The largest absolute Gasteiger partial charge is 1.00 e. The Hall–Kier alpha value is -0.580. The van der Waals surface area contributed by atoms with Crippen molar-refractivity contribution in [1.82, 2.24) is 0 Å². The van der Waals surface area contributed by atoms with Crippen molar-refractivity contribution in [2.75, 3.05) is 55.5 Å². The van der Waals surface area contributed by atoms with Gasteiger partial charge in [0, 0.05) is 36.8 Å². The summed E-state index contributed by atoms with van der Waals surface area (Å²) in [4.78, 5) is 0. The molecule has 2 aromatic carbocycles. The van der Waals surface area contributed by atoms with Crippen LogP contribution < -0.4 is 57.4 Å². The lowest BCUT2D eigenvalue weighted by molar-refractivity contribution is -0.923. The van der Waals surface area contributed by atoms with Crippen LogP contribution in [-0.4, -0.2) is 64.5 Å². The molecule has 6 heteroatoms. The minimum Gasteiger partial charge on any atom is -1.00 e. The van der Waals surface area contributed by atoms with E-state index in [1.165, 1.54) is 75.6 Å². The van der Waals surface area contributed by atoms with Gasteiger partial charge in [0.15, 0.2) is 0 Å². The van der Waals surface area contributed by atoms with Gasteiger partial charge in [-0.1, -0.05) is 25.7 Å². The van der Waals surface area contributed by atoms with E-state index in [2.05, 4.69) is 64.6 Å². The molecule has 0 radical (unpaired) electrons. The summed E-state index contributed by atoms with van der Waals surface area (Å²) in [6, 6.07) is 14.7. The normalized spacial score (nSPS) is 20.8. The lowest BCUT2D eigenvalue weighted by Gasteiger charge is -2.43. The Bertz CT molecular complexity index is 943. The van der Waals surface area contributed by atoms with Gasteiger partial charge in [0.25, 0.3) is 0 Å². The molecule has 2 heterocycles. The molecule has 2 atom stereocenters. The average molecular weight is 749 g/mol.